The largest absolute Gasteiger partial charge is 0.497 e. The second-order valence-electron chi connectivity index (χ2n) is 6.54. The van der Waals surface area contributed by atoms with E-state index in [0.29, 0.717) is 17.2 Å². The monoisotopic (exact) mass is 478 g/mol. The van der Waals surface area contributed by atoms with E-state index in [0.717, 1.165) is 16.4 Å². The molecule has 3 aromatic carbocycles. The van der Waals surface area contributed by atoms with Crippen LogP contribution in [0.3, 0.4) is 0 Å². The Labute approximate surface area is 190 Å². The molecule has 3 rings (SSSR count). The molecular weight excluding hydrogens is 459 g/mol. The van der Waals surface area contributed by atoms with Gasteiger partial charge in [-0.2, -0.15) is 0 Å². The number of anilines is 2. The molecule has 32 heavy (non-hydrogen) atoms. The Morgan fingerprint density at radius 1 is 1.03 bits per heavy atom. The van der Waals surface area contributed by atoms with Gasteiger partial charge < -0.3 is 14.8 Å². The van der Waals surface area contributed by atoms with Crippen LogP contribution in [0.4, 0.5) is 15.8 Å². The lowest BCUT2D eigenvalue weighted by atomic mass is 10.2. The van der Waals surface area contributed by atoms with Crippen molar-refractivity contribution in [3.63, 3.8) is 0 Å². The van der Waals surface area contributed by atoms with Crippen molar-refractivity contribution in [2.45, 2.75) is 4.90 Å². The highest BCUT2D eigenvalue weighted by molar-refractivity contribution is 7.92. The van der Waals surface area contributed by atoms with Gasteiger partial charge in [0.2, 0.25) is 5.91 Å². The zero-order chi connectivity index (χ0) is 23.3. The third kappa shape index (κ3) is 5.12. The Hall–Kier alpha value is -3.30. The topological polar surface area (TPSA) is 84.9 Å². The van der Waals surface area contributed by atoms with Gasteiger partial charge in [-0.05, 0) is 42.5 Å². The van der Waals surface area contributed by atoms with Gasteiger partial charge in [0.15, 0.2) is 0 Å². The van der Waals surface area contributed by atoms with Crippen LogP contribution in [-0.2, 0) is 14.8 Å². The van der Waals surface area contributed by atoms with Gasteiger partial charge >= 0.3 is 0 Å². The van der Waals surface area contributed by atoms with Crippen LogP contribution in [0.1, 0.15) is 0 Å². The second-order valence-corrected chi connectivity index (χ2v) is 8.81. The number of rotatable bonds is 8. The van der Waals surface area contributed by atoms with Crippen LogP contribution in [-0.4, -0.2) is 35.1 Å². The molecule has 7 nitrogen and oxygen atoms in total. The molecule has 0 aromatic heterocycles. The van der Waals surface area contributed by atoms with Gasteiger partial charge in [0.25, 0.3) is 10.0 Å². The molecule has 0 unspecified atom stereocenters. The average Bonchev–Trinajstić information content (AvgIpc) is 2.80. The van der Waals surface area contributed by atoms with Crippen LogP contribution in [0, 0.1) is 5.82 Å². The van der Waals surface area contributed by atoms with Crippen molar-refractivity contribution in [1.29, 1.82) is 0 Å². The number of sulfonamides is 1. The minimum absolute atomic E-state index is 0.0322. The number of hydrogen-bond donors (Lipinski definition) is 1. The number of nitrogens with zero attached hydrogens (tertiary/aromatic N) is 1. The number of methoxy groups -OCH3 is 2. The molecule has 0 bridgehead atoms. The summed E-state index contributed by atoms with van der Waals surface area (Å²) in [5, 5.41) is 2.36. The molecule has 1 N–H and O–H groups in total. The van der Waals surface area contributed by atoms with E-state index in [9.17, 15) is 17.6 Å². The number of nitrogens with one attached hydrogen (secondary N) is 1. The SMILES string of the molecule is COc1ccc(NC(=O)CN(c2ccc(F)c(Cl)c2)S(=O)(=O)c2ccccc2)c(OC)c1. The molecular formula is C22H20ClFN2O5S. The fourth-order valence-electron chi connectivity index (χ4n) is 2.90. The predicted molar refractivity (Wildman–Crippen MR) is 121 cm³/mol. The van der Waals surface area contributed by atoms with Gasteiger partial charge in [-0.15, -0.1) is 0 Å². The molecule has 0 radical (unpaired) electrons. The van der Waals surface area contributed by atoms with E-state index >= 15 is 0 Å². The molecule has 0 heterocycles. The van der Waals surface area contributed by atoms with Crippen LogP contribution in [0.2, 0.25) is 5.02 Å². The average molecular weight is 479 g/mol. The lowest BCUT2D eigenvalue weighted by Gasteiger charge is -2.24. The predicted octanol–water partition coefficient (Wildman–Crippen LogP) is 4.33. The molecule has 0 fully saturated rings. The number of carbonyl (C=O) groups is 1. The smallest absolute Gasteiger partial charge is 0.264 e. The highest BCUT2D eigenvalue weighted by Crippen LogP contribution is 2.30. The molecule has 0 aliphatic heterocycles. The maximum atomic E-state index is 13.7. The van der Waals surface area contributed by atoms with Crippen molar-refractivity contribution in [3.8, 4) is 11.5 Å². The second kappa shape index (κ2) is 9.88. The molecule has 0 aliphatic carbocycles. The molecule has 0 saturated carbocycles. The maximum Gasteiger partial charge on any atom is 0.264 e. The molecule has 168 valence electrons. The Morgan fingerprint density at radius 2 is 1.75 bits per heavy atom. The van der Waals surface area contributed by atoms with Crippen LogP contribution < -0.4 is 19.1 Å². The standard InChI is InChI=1S/C22H20ClFN2O5S/c1-30-16-9-11-20(21(13-16)31-2)25-22(27)14-26(15-8-10-19(24)18(23)12-15)32(28,29)17-6-4-3-5-7-17/h3-13H,14H2,1-2H3,(H,25,27). The minimum Gasteiger partial charge on any atom is -0.497 e. The first-order valence-electron chi connectivity index (χ1n) is 9.31. The van der Waals surface area contributed by atoms with Crippen molar-refractivity contribution in [2.24, 2.45) is 0 Å². The Kier molecular flexibility index (Phi) is 7.22. The quantitative estimate of drug-likeness (QED) is 0.521. The number of hydrogen-bond acceptors (Lipinski definition) is 5. The van der Waals surface area contributed by atoms with Crippen molar-refractivity contribution in [3.05, 3.63) is 77.6 Å². The number of halogens is 2. The summed E-state index contributed by atoms with van der Waals surface area (Å²) in [5.41, 5.74) is 0.365. The van der Waals surface area contributed by atoms with E-state index in [1.54, 1.807) is 36.4 Å². The molecule has 0 spiro atoms. The summed E-state index contributed by atoms with van der Waals surface area (Å²) >= 11 is 5.86. The van der Waals surface area contributed by atoms with E-state index in [2.05, 4.69) is 5.32 Å². The fraction of sp³-hybridized carbons (Fsp3) is 0.136. The summed E-state index contributed by atoms with van der Waals surface area (Å²) < 4.78 is 51.5. The molecule has 1 amide bonds. The van der Waals surface area contributed by atoms with Crippen LogP contribution >= 0.6 is 11.6 Å². The number of ether oxygens (including phenoxy) is 2. The number of carbonyl (C=O) groups excluding carboxylic acids is 1. The zero-order valence-electron chi connectivity index (χ0n) is 17.2. The first-order valence-corrected chi connectivity index (χ1v) is 11.1. The zero-order valence-corrected chi connectivity index (χ0v) is 18.8. The van der Waals surface area contributed by atoms with Crippen molar-refractivity contribution in [2.75, 3.05) is 30.4 Å². The lowest BCUT2D eigenvalue weighted by molar-refractivity contribution is -0.114. The molecule has 0 saturated heterocycles. The van der Waals surface area contributed by atoms with E-state index in [4.69, 9.17) is 21.1 Å². The van der Waals surface area contributed by atoms with Crippen LogP contribution in [0.25, 0.3) is 0 Å². The summed E-state index contributed by atoms with van der Waals surface area (Å²) in [6.45, 7) is -0.589. The first kappa shape index (κ1) is 23.4. The minimum atomic E-state index is -4.16. The van der Waals surface area contributed by atoms with Crippen LogP contribution in [0.5, 0.6) is 11.5 Å². The Bertz CT molecular complexity index is 1220. The van der Waals surface area contributed by atoms with E-state index in [1.807, 2.05) is 0 Å². The summed E-state index contributed by atoms with van der Waals surface area (Å²) in [4.78, 5) is 12.8. The maximum absolute atomic E-state index is 13.7. The van der Waals surface area contributed by atoms with Crippen molar-refractivity contribution >= 4 is 38.9 Å². The van der Waals surface area contributed by atoms with E-state index in [1.165, 1.54) is 32.4 Å². The number of amides is 1. The highest BCUT2D eigenvalue weighted by atomic mass is 35.5. The van der Waals surface area contributed by atoms with Crippen LogP contribution in [0.15, 0.2) is 71.6 Å². The summed E-state index contributed by atoms with van der Waals surface area (Å²) in [6, 6.07) is 15.8. The van der Waals surface area contributed by atoms with Crippen molar-refractivity contribution in [1.82, 2.24) is 0 Å². The summed E-state index contributed by atoms with van der Waals surface area (Å²) in [6.07, 6.45) is 0. The third-order valence-corrected chi connectivity index (χ3v) is 6.57. The Morgan fingerprint density at radius 3 is 2.38 bits per heavy atom. The molecule has 0 aliphatic rings. The van der Waals surface area contributed by atoms with Gasteiger partial charge in [-0.25, -0.2) is 12.8 Å². The normalized spacial score (nSPS) is 11.0. The van der Waals surface area contributed by atoms with E-state index < -0.39 is 28.3 Å². The Balaban J connectivity index is 1.96. The van der Waals surface area contributed by atoms with Gasteiger partial charge in [0.05, 0.1) is 35.5 Å². The summed E-state index contributed by atoms with van der Waals surface area (Å²) in [5.74, 6) is -0.498. The third-order valence-electron chi connectivity index (χ3n) is 4.49. The van der Waals surface area contributed by atoms with Gasteiger partial charge in [0, 0.05) is 6.07 Å². The van der Waals surface area contributed by atoms with Gasteiger partial charge in [0.1, 0.15) is 23.9 Å². The highest BCUT2D eigenvalue weighted by Gasteiger charge is 2.28. The van der Waals surface area contributed by atoms with Gasteiger partial charge in [-0.1, -0.05) is 29.8 Å². The molecule has 10 heteroatoms. The fourth-order valence-corrected chi connectivity index (χ4v) is 4.51. The van der Waals surface area contributed by atoms with Gasteiger partial charge in [-0.3, -0.25) is 9.10 Å². The summed E-state index contributed by atoms with van der Waals surface area (Å²) in [7, 11) is -1.24. The lowest BCUT2D eigenvalue weighted by Crippen LogP contribution is -2.38. The first-order chi connectivity index (χ1) is 15.3. The molecule has 3 aromatic rings. The van der Waals surface area contributed by atoms with Crippen molar-refractivity contribution < 1.29 is 27.1 Å². The number of benzene rings is 3. The molecule has 0 atom stereocenters. The van der Waals surface area contributed by atoms with E-state index in [-0.39, 0.29) is 15.6 Å².